The summed E-state index contributed by atoms with van der Waals surface area (Å²) < 4.78 is 34.9. The first kappa shape index (κ1) is 26.2. The normalized spacial score (nSPS) is 15.1. The number of esters is 1. The average molecular weight is 488 g/mol. The summed E-state index contributed by atoms with van der Waals surface area (Å²) in [5.74, 6) is -0.829. The second-order valence-electron chi connectivity index (χ2n) is 9.18. The van der Waals surface area contributed by atoms with Crippen molar-refractivity contribution in [2.75, 3.05) is 33.4 Å². The van der Waals surface area contributed by atoms with Gasteiger partial charge in [-0.15, -0.1) is 0 Å². The zero-order valence-electron chi connectivity index (χ0n) is 20.3. The smallest absolute Gasteiger partial charge is 0.415 e. The average Bonchev–Trinajstić information content (AvgIpc) is 2.78. The number of amides is 1. The van der Waals surface area contributed by atoms with Crippen molar-refractivity contribution >= 4 is 17.8 Å². The number of nitrogens with zero attached hydrogens (tertiary/aromatic N) is 1. The van der Waals surface area contributed by atoms with Gasteiger partial charge in [-0.2, -0.15) is 0 Å². The van der Waals surface area contributed by atoms with Gasteiger partial charge < -0.3 is 23.8 Å². The number of fused-ring (bicyclic) bond motifs is 1. The minimum Gasteiger partial charge on any atom is -0.492 e. The van der Waals surface area contributed by atoms with E-state index in [1.807, 2.05) is 0 Å². The fraction of sp³-hybridized carbons (Fsp3) is 0.423. The van der Waals surface area contributed by atoms with Crippen LogP contribution in [0.1, 0.15) is 49.0 Å². The van der Waals surface area contributed by atoms with E-state index < -0.39 is 17.6 Å². The number of benzene rings is 2. The predicted molar refractivity (Wildman–Crippen MR) is 125 cm³/mol. The van der Waals surface area contributed by atoms with Crippen LogP contribution in [0.15, 0.2) is 42.5 Å². The number of ether oxygens (including phenoxy) is 4. The lowest BCUT2D eigenvalue weighted by Crippen LogP contribution is -2.33. The molecule has 1 heterocycles. The molecule has 1 aliphatic rings. The van der Waals surface area contributed by atoms with Gasteiger partial charge in [0, 0.05) is 19.7 Å². The third kappa shape index (κ3) is 7.51. The molecule has 0 aliphatic carbocycles. The summed E-state index contributed by atoms with van der Waals surface area (Å²) in [6.45, 7) is 6.16. The van der Waals surface area contributed by atoms with Crippen molar-refractivity contribution in [2.45, 2.75) is 38.7 Å². The van der Waals surface area contributed by atoms with Crippen molar-refractivity contribution in [3.05, 3.63) is 59.4 Å². The van der Waals surface area contributed by atoms with E-state index in [9.17, 15) is 18.8 Å². The summed E-state index contributed by atoms with van der Waals surface area (Å²) in [7, 11) is 1.56. The Bertz CT molecular complexity index is 1060. The highest BCUT2D eigenvalue weighted by Gasteiger charge is 2.30. The second-order valence-corrected chi connectivity index (χ2v) is 9.18. The van der Waals surface area contributed by atoms with Crippen molar-refractivity contribution in [3.63, 3.8) is 0 Å². The molecule has 1 unspecified atom stereocenters. The van der Waals surface area contributed by atoms with Crippen LogP contribution in [0.25, 0.3) is 0 Å². The summed E-state index contributed by atoms with van der Waals surface area (Å²) in [4.78, 5) is 38.3. The lowest BCUT2D eigenvalue weighted by atomic mass is 9.89. The molecule has 2 aromatic carbocycles. The number of hydrogen-bond acceptors (Lipinski definition) is 7. The lowest BCUT2D eigenvalue weighted by Gasteiger charge is -2.25. The SMILES string of the molecule is CN(CCOCCC(=O)OC(C)(C)C)C(=O)Oc1ccc2c(c1)OCC(c1ccc(F)cc1)C2=O. The maximum absolute atomic E-state index is 13.2. The molecular weight excluding hydrogens is 457 g/mol. The summed E-state index contributed by atoms with van der Waals surface area (Å²) in [6.07, 6.45) is -0.478. The molecule has 1 atom stereocenters. The molecule has 0 fully saturated rings. The minimum atomic E-state index is -0.605. The molecule has 0 saturated carbocycles. The Labute approximate surface area is 203 Å². The van der Waals surface area contributed by atoms with Crippen molar-refractivity contribution in [2.24, 2.45) is 0 Å². The van der Waals surface area contributed by atoms with Crippen molar-refractivity contribution in [3.8, 4) is 11.5 Å². The minimum absolute atomic E-state index is 0.107. The number of likely N-dealkylation sites (N-methyl/N-ethyl adjacent to an activating group) is 1. The third-order valence-electron chi connectivity index (χ3n) is 5.17. The van der Waals surface area contributed by atoms with Crippen LogP contribution in [-0.2, 0) is 14.3 Å². The van der Waals surface area contributed by atoms with Crippen LogP contribution in [-0.4, -0.2) is 61.8 Å². The predicted octanol–water partition coefficient (Wildman–Crippen LogP) is 4.36. The van der Waals surface area contributed by atoms with E-state index in [1.165, 1.54) is 29.2 Å². The highest BCUT2D eigenvalue weighted by atomic mass is 19.1. The third-order valence-corrected chi connectivity index (χ3v) is 5.17. The van der Waals surface area contributed by atoms with Gasteiger partial charge in [0.1, 0.15) is 29.5 Å². The van der Waals surface area contributed by atoms with Crippen molar-refractivity contribution < 1.29 is 37.7 Å². The van der Waals surface area contributed by atoms with Gasteiger partial charge in [-0.25, -0.2) is 9.18 Å². The largest absolute Gasteiger partial charge is 0.492 e. The Morgan fingerprint density at radius 2 is 1.83 bits per heavy atom. The van der Waals surface area contributed by atoms with Gasteiger partial charge in [0.25, 0.3) is 0 Å². The number of carbonyl (C=O) groups excluding carboxylic acids is 3. The van der Waals surface area contributed by atoms with Crippen LogP contribution in [0.2, 0.25) is 0 Å². The molecule has 0 saturated heterocycles. The molecule has 188 valence electrons. The van der Waals surface area contributed by atoms with E-state index in [2.05, 4.69) is 0 Å². The molecule has 1 aliphatic heterocycles. The van der Waals surface area contributed by atoms with Gasteiger partial charge >= 0.3 is 12.1 Å². The van der Waals surface area contributed by atoms with Crippen LogP contribution in [0.4, 0.5) is 9.18 Å². The molecule has 0 aromatic heterocycles. The molecule has 8 nitrogen and oxygen atoms in total. The van der Waals surface area contributed by atoms with Crippen LogP contribution < -0.4 is 9.47 Å². The molecule has 9 heteroatoms. The second kappa shape index (κ2) is 11.3. The zero-order chi connectivity index (χ0) is 25.6. The Hall–Kier alpha value is -3.46. The van der Waals surface area contributed by atoms with Crippen molar-refractivity contribution in [1.82, 2.24) is 4.90 Å². The van der Waals surface area contributed by atoms with Gasteiger partial charge in [-0.05, 0) is 50.6 Å². The number of Topliss-reactive ketones (excluding diaryl/α,β-unsaturated/α-hetero) is 1. The first-order valence-corrected chi connectivity index (χ1v) is 11.3. The topological polar surface area (TPSA) is 91.4 Å². The standard InChI is InChI=1S/C26H30FNO7/c1-26(2,3)35-23(29)11-13-32-14-12-28(4)25(31)34-19-9-10-20-22(15-19)33-16-21(24(20)30)17-5-7-18(27)8-6-17/h5-10,15,21H,11-14,16H2,1-4H3. The van der Waals surface area contributed by atoms with Gasteiger partial charge in [0.05, 0.1) is 31.1 Å². The summed E-state index contributed by atoms with van der Waals surface area (Å²) in [5, 5.41) is 0. The van der Waals surface area contributed by atoms with Crippen LogP contribution in [0, 0.1) is 5.82 Å². The Morgan fingerprint density at radius 3 is 2.51 bits per heavy atom. The van der Waals surface area contributed by atoms with E-state index in [-0.39, 0.29) is 56.1 Å². The van der Waals surface area contributed by atoms with Crippen LogP contribution >= 0.6 is 0 Å². The molecule has 0 bridgehead atoms. The maximum atomic E-state index is 13.2. The van der Waals surface area contributed by atoms with Crippen LogP contribution in [0.5, 0.6) is 11.5 Å². The van der Waals surface area contributed by atoms with Gasteiger partial charge in [0.15, 0.2) is 5.78 Å². The van der Waals surface area contributed by atoms with E-state index in [0.717, 1.165) is 0 Å². The molecule has 0 spiro atoms. The monoisotopic (exact) mass is 487 g/mol. The molecule has 35 heavy (non-hydrogen) atoms. The van der Waals surface area contributed by atoms with Crippen LogP contribution in [0.3, 0.4) is 0 Å². The Morgan fingerprint density at radius 1 is 1.11 bits per heavy atom. The molecule has 0 radical (unpaired) electrons. The molecule has 1 amide bonds. The summed E-state index contributed by atoms with van der Waals surface area (Å²) >= 11 is 0. The fourth-order valence-electron chi connectivity index (χ4n) is 3.39. The highest BCUT2D eigenvalue weighted by Crippen LogP contribution is 2.35. The Kier molecular flexibility index (Phi) is 8.45. The lowest BCUT2D eigenvalue weighted by molar-refractivity contribution is -0.156. The zero-order valence-corrected chi connectivity index (χ0v) is 20.3. The van der Waals surface area contributed by atoms with Gasteiger partial charge in [0.2, 0.25) is 0 Å². The number of carbonyl (C=O) groups is 3. The Balaban J connectivity index is 1.47. The quantitative estimate of drug-likeness (QED) is 0.404. The molecule has 3 rings (SSSR count). The number of ketones is 1. The summed E-state index contributed by atoms with van der Waals surface area (Å²) in [6, 6.07) is 10.3. The molecule has 2 aromatic rings. The molecule has 0 N–H and O–H groups in total. The number of rotatable bonds is 8. The maximum Gasteiger partial charge on any atom is 0.415 e. The summed E-state index contributed by atoms with van der Waals surface area (Å²) in [5.41, 5.74) is 0.505. The highest BCUT2D eigenvalue weighted by molar-refractivity contribution is 6.04. The number of halogens is 1. The van der Waals surface area contributed by atoms with Gasteiger partial charge in [-0.3, -0.25) is 9.59 Å². The number of hydrogen-bond donors (Lipinski definition) is 0. The van der Waals surface area contributed by atoms with Crippen molar-refractivity contribution in [1.29, 1.82) is 0 Å². The van der Waals surface area contributed by atoms with Gasteiger partial charge in [-0.1, -0.05) is 12.1 Å². The van der Waals surface area contributed by atoms with E-state index in [1.54, 1.807) is 46.0 Å². The van der Waals surface area contributed by atoms with E-state index in [0.29, 0.717) is 16.9 Å². The van der Waals surface area contributed by atoms with E-state index in [4.69, 9.17) is 18.9 Å². The fourth-order valence-corrected chi connectivity index (χ4v) is 3.39. The first-order chi connectivity index (χ1) is 16.5. The molecular formula is C26H30FNO7. The first-order valence-electron chi connectivity index (χ1n) is 11.3. The van der Waals surface area contributed by atoms with E-state index >= 15 is 0 Å².